The molecule has 1 atom stereocenters. The van der Waals surface area contributed by atoms with Crippen molar-refractivity contribution >= 4 is 40.2 Å². The highest BCUT2D eigenvalue weighted by molar-refractivity contribution is 7.99. The summed E-state index contributed by atoms with van der Waals surface area (Å²) in [6, 6.07) is 22.9. The third kappa shape index (κ3) is 4.39. The van der Waals surface area contributed by atoms with Crippen LogP contribution in [0.15, 0.2) is 83.9 Å². The number of nitrogens with one attached hydrogen (secondary N) is 2. The van der Waals surface area contributed by atoms with Gasteiger partial charge in [-0.05, 0) is 61.4 Å². The van der Waals surface area contributed by atoms with E-state index < -0.39 is 5.54 Å². The zero-order chi connectivity index (χ0) is 24.4. The van der Waals surface area contributed by atoms with Gasteiger partial charge < -0.3 is 19.9 Å². The summed E-state index contributed by atoms with van der Waals surface area (Å²) in [5, 5.41) is 4.16. The van der Waals surface area contributed by atoms with E-state index >= 15 is 0 Å². The highest BCUT2D eigenvalue weighted by atomic mass is 32.2. The number of anilines is 1. The van der Waals surface area contributed by atoms with Crippen molar-refractivity contribution < 1.29 is 14.3 Å². The zero-order valence-corrected chi connectivity index (χ0v) is 20.5. The van der Waals surface area contributed by atoms with E-state index in [2.05, 4.69) is 16.4 Å². The van der Waals surface area contributed by atoms with Crippen LogP contribution in [0.1, 0.15) is 22.8 Å². The van der Waals surface area contributed by atoms with Crippen molar-refractivity contribution in [1.29, 1.82) is 0 Å². The summed E-state index contributed by atoms with van der Waals surface area (Å²) in [5.74, 6) is 0.823. The van der Waals surface area contributed by atoms with Crippen molar-refractivity contribution in [3.8, 4) is 5.75 Å². The molecule has 1 aliphatic rings. The van der Waals surface area contributed by atoms with Crippen molar-refractivity contribution in [3.05, 3.63) is 90.1 Å². The van der Waals surface area contributed by atoms with Crippen LogP contribution in [0.4, 0.5) is 5.69 Å². The van der Waals surface area contributed by atoms with E-state index in [1.165, 1.54) is 0 Å². The second kappa shape index (κ2) is 9.50. The van der Waals surface area contributed by atoms with Gasteiger partial charge in [0.1, 0.15) is 11.3 Å². The minimum Gasteiger partial charge on any atom is -0.497 e. The van der Waals surface area contributed by atoms with Gasteiger partial charge in [0.2, 0.25) is 0 Å². The number of carbonyl (C=O) groups is 2. The molecule has 0 bridgehead atoms. The lowest BCUT2D eigenvalue weighted by molar-refractivity contribution is -0.124. The van der Waals surface area contributed by atoms with E-state index in [4.69, 9.17) is 4.74 Å². The molecule has 2 heterocycles. The lowest BCUT2D eigenvalue weighted by Gasteiger charge is -2.38. The fraction of sp³-hybridized carbons (Fsp3) is 0.214. The molecule has 3 aromatic carbocycles. The molecule has 0 aliphatic carbocycles. The third-order valence-electron chi connectivity index (χ3n) is 6.58. The quantitative estimate of drug-likeness (QED) is 0.385. The summed E-state index contributed by atoms with van der Waals surface area (Å²) < 4.78 is 5.22. The Hall–Kier alpha value is -3.71. The number of benzene rings is 3. The standard InChI is InChI=1S/C28H27N3O3S/c1-28(27(33)30-20-11-13-21(34-2)14-12-20)18-35-25-10-6-4-8-23(25)26(32)31(28)16-15-19-17-29-24-9-5-3-7-22(19)24/h3-14,17,29H,15-16,18H2,1-2H3,(H,30,33)/t28-/m0/s1. The molecule has 0 unspecified atom stereocenters. The topological polar surface area (TPSA) is 74.4 Å². The number of amides is 2. The summed E-state index contributed by atoms with van der Waals surface area (Å²) >= 11 is 1.55. The average molecular weight is 486 g/mol. The molecule has 0 saturated heterocycles. The lowest BCUT2D eigenvalue weighted by Crippen LogP contribution is -2.58. The Balaban J connectivity index is 1.46. The van der Waals surface area contributed by atoms with Gasteiger partial charge in [-0.1, -0.05) is 30.3 Å². The Bertz CT molecular complexity index is 1380. The van der Waals surface area contributed by atoms with Crippen LogP contribution in [-0.2, 0) is 11.2 Å². The van der Waals surface area contributed by atoms with Crippen LogP contribution < -0.4 is 10.1 Å². The van der Waals surface area contributed by atoms with Crippen LogP contribution in [-0.4, -0.2) is 46.6 Å². The number of aromatic nitrogens is 1. The van der Waals surface area contributed by atoms with Crippen LogP contribution >= 0.6 is 11.8 Å². The third-order valence-corrected chi connectivity index (χ3v) is 7.96. The van der Waals surface area contributed by atoms with Crippen LogP contribution in [0.3, 0.4) is 0 Å². The van der Waals surface area contributed by atoms with Crippen LogP contribution in [0.2, 0.25) is 0 Å². The summed E-state index contributed by atoms with van der Waals surface area (Å²) in [6.45, 7) is 2.28. The predicted molar refractivity (Wildman–Crippen MR) is 140 cm³/mol. The molecule has 2 amide bonds. The van der Waals surface area contributed by atoms with Crippen molar-refractivity contribution in [2.45, 2.75) is 23.8 Å². The van der Waals surface area contributed by atoms with Gasteiger partial charge in [0.15, 0.2) is 0 Å². The molecule has 6 nitrogen and oxygen atoms in total. The number of rotatable bonds is 6. The molecule has 1 aliphatic heterocycles. The molecule has 4 aromatic rings. The van der Waals surface area contributed by atoms with Crippen LogP contribution in [0.25, 0.3) is 10.9 Å². The van der Waals surface area contributed by atoms with Gasteiger partial charge in [0.05, 0.1) is 12.7 Å². The van der Waals surface area contributed by atoms with Gasteiger partial charge in [-0.25, -0.2) is 0 Å². The second-order valence-electron chi connectivity index (χ2n) is 8.81. The SMILES string of the molecule is COc1ccc(NC(=O)[C@]2(C)CSc3ccccc3C(=O)N2CCc2c[nH]c3ccccc23)cc1. The number of thioether (sulfide) groups is 1. The van der Waals surface area contributed by atoms with E-state index in [9.17, 15) is 9.59 Å². The molecule has 0 spiro atoms. The number of fused-ring (bicyclic) bond motifs is 2. The first kappa shape index (κ1) is 23.1. The molecular formula is C28H27N3O3S. The first-order chi connectivity index (χ1) is 17.0. The molecule has 5 rings (SSSR count). The second-order valence-corrected chi connectivity index (χ2v) is 9.82. The maximum Gasteiger partial charge on any atom is 0.255 e. The lowest BCUT2D eigenvalue weighted by atomic mass is 9.98. The van der Waals surface area contributed by atoms with E-state index in [1.54, 1.807) is 48.0 Å². The van der Waals surface area contributed by atoms with E-state index in [-0.39, 0.29) is 11.8 Å². The summed E-state index contributed by atoms with van der Waals surface area (Å²) in [6.07, 6.45) is 2.62. The highest BCUT2D eigenvalue weighted by Gasteiger charge is 2.45. The van der Waals surface area contributed by atoms with Crippen LogP contribution in [0, 0.1) is 0 Å². The van der Waals surface area contributed by atoms with Crippen molar-refractivity contribution in [2.75, 3.05) is 24.7 Å². The predicted octanol–water partition coefficient (Wildman–Crippen LogP) is 5.36. The first-order valence-electron chi connectivity index (χ1n) is 11.5. The monoisotopic (exact) mass is 485 g/mol. The van der Waals surface area contributed by atoms with Crippen molar-refractivity contribution in [2.24, 2.45) is 0 Å². The number of aromatic amines is 1. The average Bonchev–Trinajstić information content (AvgIpc) is 3.26. The largest absolute Gasteiger partial charge is 0.497 e. The highest BCUT2D eigenvalue weighted by Crippen LogP contribution is 2.36. The van der Waals surface area contributed by atoms with E-state index in [0.29, 0.717) is 35.7 Å². The number of hydrogen-bond donors (Lipinski definition) is 2. The maximum absolute atomic E-state index is 13.8. The van der Waals surface area contributed by atoms with Gasteiger partial charge in [-0.2, -0.15) is 0 Å². The van der Waals surface area contributed by atoms with E-state index in [1.807, 2.05) is 55.6 Å². The minimum absolute atomic E-state index is 0.127. The van der Waals surface area contributed by atoms with Crippen LogP contribution in [0.5, 0.6) is 5.75 Å². The summed E-state index contributed by atoms with van der Waals surface area (Å²) in [7, 11) is 1.60. The molecule has 0 radical (unpaired) electrons. The van der Waals surface area contributed by atoms with Gasteiger partial charge in [0, 0.05) is 40.0 Å². The molecule has 178 valence electrons. The van der Waals surface area contributed by atoms with Gasteiger partial charge in [-0.3, -0.25) is 9.59 Å². The fourth-order valence-corrected chi connectivity index (χ4v) is 5.69. The minimum atomic E-state index is -1.05. The maximum atomic E-state index is 13.8. The number of hydrogen-bond acceptors (Lipinski definition) is 4. The molecule has 1 aromatic heterocycles. The molecule has 2 N–H and O–H groups in total. The Morgan fingerprint density at radius 1 is 1.09 bits per heavy atom. The van der Waals surface area contributed by atoms with Crippen molar-refractivity contribution in [3.63, 3.8) is 0 Å². The Kier molecular flexibility index (Phi) is 6.26. The number of para-hydroxylation sites is 1. The number of ether oxygens (including phenoxy) is 1. The molecular weight excluding hydrogens is 458 g/mol. The zero-order valence-electron chi connectivity index (χ0n) is 19.7. The van der Waals surface area contributed by atoms with Gasteiger partial charge >= 0.3 is 0 Å². The number of nitrogens with zero attached hydrogens (tertiary/aromatic N) is 1. The Morgan fingerprint density at radius 3 is 2.63 bits per heavy atom. The smallest absolute Gasteiger partial charge is 0.255 e. The van der Waals surface area contributed by atoms with E-state index in [0.717, 1.165) is 21.4 Å². The van der Waals surface area contributed by atoms with Crippen molar-refractivity contribution in [1.82, 2.24) is 9.88 Å². The molecule has 0 saturated carbocycles. The Labute approximate surface area is 208 Å². The normalized spacial score (nSPS) is 17.7. The van der Waals surface area contributed by atoms with Gasteiger partial charge in [-0.15, -0.1) is 11.8 Å². The van der Waals surface area contributed by atoms with Gasteiger partial charge in [0.25, 0.3) is 11.8 Å². The number of H-pyrrole nitrogens is 1. The summed E-state index contributed by atoms with van der Waals surface area (Å²) in [4.78, 5) is 33.5. The first-order valence-corrected chi connectivity index (χ1v) is 12.5. The number of carbonyl (C=O) groups excluding carboxylic acids is 2. The molecule has 35 heavy (non-hydrogen) atoms. The summed E-state index contributed by atoms with van der Waals surface area (Å²) in [5.41, 5.74) is 2.43. The molecule has 0 fully saturated rings. The molecule has 7 heteroatoms. The fourth-order valence-electron chi connectivity index (χ4n) is 4.48. The number of methoxy groups -OCH3 is 1. The Morgan fingerprint density at radius 2 is 1.83 bits per heavy atom.